The Bertz CT molecular complexity index is 661. The number of hydrogen-bond donors (Lipinski definition) is 1. The third-order valence-corrected chi connectivity index (χ3v) is 4.54. The molecule has 0 atom stereocenters. The van der Waals surface area contributed by atoms with Crippen LogP contribution in [0.4, 0.5) is 5.95 Å². The van der Waals surface area contributed by atoms with Crippen LogP contribution in [0, 0.1) is 0 Å². The largest absolute Gasteiger partial charge is 0.342 e. The first-order chi connectivity index (χ1) is 10.3. The first kappa shape index (κ1) is 14.3. The minimum absolute atomic E-state index is 0.122. The lowest BCUT2D eigenvalue weighted by Gasteiger charge is -2.21. The number of anilines is 1. The molecule has 2 heterocycles. The van der Waals surface area contributed by atoms with Gasteiger partial charge in [-0.05, 0) is 28.8 Å². The number of aromatic amines is 1. The lowest BCUT2D eigenvalue weighted by atomic mass is 10.1. The second kappa shape index (κ2) is 6.43. The van der Waals surface area contributed by atoms with Gasteiger partial charge in [-0.1, -0.05) is 43.2 Å². The van der Waals surface area contributed by atoms with E-state index in [1.165, 1.54) is 12.8 Å². The van der Waals surface area contributed by atoms with Crippen molar-refractivity contribution in [1.82, 2.24) is 9.97 Å². The third-order valence-electron chi connectivity index (χ3n) is 3.80. The van der Waals surface area contributed by atoms with Gasteiger partial charge in [0.1, 0.15) is 4.47 Å². The lowest BCUT2D eigenvalue weighted by molar-refractivity contribution is 0.726. The summed E-state index contributed by atoms with van der Waals surface area (Å²) in [6.45, 7) is 1.91. The van der Waals surface area contributed by atoms with Gasteiger partial charge < -0.3 is 4.90 Å². The molecule has 21 heavy (non-hydrogen) atoms. The van der Waals surface area contributed by atoms with E-state index in [0.29, 0.717) is 16.1 Å². The number of H-pyrrole nitrogens is 1. The SMILES string of the molecule is O=c1[nH]c(N2CCCCCC2)nc(-c2ccccc2)c1Br. The highest BCUT2D eigenvalue weighted by atomic mass is 79.9. The molecule has 1 N–H and O–H groups in total. The van der Waals surface area contributed by atoms with E-state index in [2.05, 4.69) is 25.8 Å². The molecule has 5 heteroatoms. The summed E-state index contributed by atoms with van der Waals surface area (Å²) in [6, 6.07) is 9.81. The number of aromatic nitrogens is 2. The van der Waals surface area contributed by atoms with Gasteiger partial charge in [-0.3, -0.25) is 9.78 Å². The normalized spacial score (nSPS) is 15.8. The highest BCUT2D eigenvalue weighted by molar-refractivity contribution is 9.10. The molecule has 0 spiro atoms. The van der Waals surface area contributed by atoms with Gasteiger partial charge in [0.15, 0.2) is 0 Å². The van der Waals surface area contributed by atoms with Crippen LogP contribution in [-0.2, 0) is 0 Å². The predicted molar refractivity (Wildman–Crippen MR) is 88.7 cm³/mol. The summed E-state index contributed by atoms with van der Waals surface area (Å²) in [7, 11) is 0. The molecule has 0 bridgehead atoms. The van der Waals surface area contributed by atoms with E-state index in [0.717, 1.165) is 31.5 Å². The zero-order valence-corrected chi connectivity index (χ0v) is 13.4. The van der Waals surface area contributed by atoms with E-state index in [1.807, 2.05) is 30.3 Å². The van der Waals surface area contributed by atoms with Crippen LogP contribution in [0.1, 0.15) is 25.7 Å². The molecule has 1 aromatic carbocycles. The fraction of sp³-hybridized carbons (Fsp3) is 0.375. The molecule has 0 unspecified atom stereocenters. The molecule has 0 aliphatic carbocycles. The van der Waals surface area contributed by atoms with Crippen molar-refractivity contribution in [3.63, 3.8) is 0 Å². The molecule has 0 amide bonds. The van der Waals surface area contributed by atoms with Gasteiger partial charge in [-0.25, -0.2) is 4.98 Å². The van der Waals surface area contributed by atoms with Crippen molar-refractivity contribution in [2.24, 2.45) is 0 Å². The van der Waals surface area contributed by atoms with E-state index in [9.17, 15) is 4.79 Å². The van der Waals surface area contributed by atoms with Crippen molar-refractivity contribution >= 4 is 21.9 Å². The summed E-state index contributed by atoms with van der Waals surface area (Å²) in [4.78, 5) is 22.0. The number of benzene rings is 1. The highest BCUT2D eigenvalue weighted by Gasteiger charge is 2.16. The highest BCUT2D eigenvalue weighted by Crippen LogP contribution is 2.25. The minimum atomic E-state index is -0.122. The Balaban J connectivity index is 2.03. The van der Waals surface area contributed by atoms with Crippen LogP contribution in [0.15, 0.2) is 39.6 Å². The number of nitrogens with one attached hydrogen (secondary N) is 1. The van der Waals surface area contributed by atoms with Crippen LogP contribution < -0.4 is 10.5 Å². The zero-order valence-electron chi connectivity index (χ0n) is 11.8. The Hall–Kier alpha value is -1.62. The van der Waals surface area contributed by atoms with Crippen molar-refractivity contribution in [2.75, 3.05) is 18.0 Å². The summed E-state index contributed by atoms with van der Waals surface area (Å²) in [5.41, 5.74) is 1.54. The van der Waals surface area contributed by atoms with Gasteiger partial charge in [-0.2, -0.15) is 0 Å². The fourth-order valence-corrected chi connectivity index (χ4v) is 3.08. The predicted octanol–water partition coefficient (Wildman–Crippen LogP) is 3.58. The van der Waals surface area contributed by atoms with Crippen molar-refractivity contribution < 1.29 is 0 Å². The number of halogens is 1. The molecule has 0 saturated carbocycles. The number of rotatable bonds is 2. The first-order valence-electron chi connectivity index (χ1n) is 7.36. The monoisotopic (exact) mass is 347 g/mol. The third kappa shape index (κ3) is 3.18. The fourth-order valence-electron chi connectivity index (χ4n) is 2.67. The first-order valence-corrected chi connectivity index (χ1v) is 8.15. The summed E-state index contributed by atoms with van der Waals surface area (Å²) in [5, 5.41) is 0. The lowest BCUT2D eigenvalue weighted by Crippen LogP contribution is -2.28. The molecular weight excluding hydrogens is 330 g/mol. The Morgan fingerprint density at radius 2 is 1.71 bits per heavy atom. The molecule has 1 fully saturated rings. The van der Waals surface area contributed by atoms with Crippen molar-refractivity contribution in [3.8, 4) is 11.3 Å². The zero-order chi connectivity index (χ0) is 14.7. The van der Waals surface area contributed by atoms with Crippen LogP contribution in [-0.4, -0.2) is 23.1 Å². The van der Waals surface area contributed by atoms with E-state index < -0.39 is 0 Å². The van der Waals surface area contributed by atoms with Gasteiger partial charge in [0, 0.05) is 18.7 Å². The summed E-state index contributed by atoms with van der Waals surface area (Å²) in [5.74, 6) is 0.684. The molecular formula is C16H18BrN3O. The smallest absolute Gasteiger partial charge is 0.267 e. The van der Waals surface area contributed by atoms with E-state index in [1.54, 1.807) is 0 Å². The summed E-state index contributed by atoms with van der Waals surface area (Å²) in [6.07, 6.45) is 4.81. The molecule has 3 rings (SSSR count). The van der Waals surface area contributed by atoms with Gasteiger partial charge in [0.25, 0.3) is 5.56 Å². The Morgan fingerprint density at radius 3 is 2.38 bits per heavy atom. The Morgan fingerprint density at radius 1 is 1.05 bits per heavy atom. The second-order valence-corrected chi connectivity index (χ2v) is 6.11. The molecule has 4 nitrogen and oxygen atoms in total. The van der Waals surface area contributed by atoms with Crippen LogP contribution >= 0.6 is 15.9 Å². The van der Waals surface area contributed by atoms with Crippen LogP contribution in [0.25, 0.3) is 11.3 Å². The van der Waals surface area contributed by atoms with Crippen LogP contribution in [0.3, 0.4) is 0 Å². The maximum atomic E-state index is 12.2. The molecule has 1 saturated heterocycles. The standard InChI is InChI=1S/C16H18BrN3O/c17-13-14(12-8-4-3-5-9-12)18-16(19-15(13)21)20-10-6-1-2-7-11-20/h3-5,8-9H,1-2,6-7,10-11H2,(H,18,19,21). The Kier molecular flexibility index (Phi) is 4.39. The average Bonchev–Trinajstić information content (AvgIpc) is 2.80. The molecule has 1 aliphatic rings. The van der Waals surface area contributed by atoms with Gasteiger partial charge in [0.05, 0.1) is 5.69 Å². The summed E-state index contributed by atoms with van der Waals surface area (Å²) < 4.78 is 0.493. The summed E-state index contributed by atoms with van der Waals surface area (Å²) >= 11 is 3.37. The van der Waals surface area contributed by atoms with Crippen molar-refractivity contribution in [2.45, 2.75) is 25.7 Å². The average molecular weight is 348 g/mol. The quantitative estimate of drug-likeness (QED) is 0.903. The maximum Gasteiger partial charge on any atom is 0.267 e. The van der Waals surface area contributed by atoms with Crippen LogP contribution in [0.5, 0.6) is 0 Å². The molecule has 110 valence electrons. The van der Waals surface area contributed by atoms with Gasteiger partial charge in [-0.15, -0.1) is 0 Å². The molecule has 2 aromatic rings. The topological polar surface area (TPSA) is 49.0 Å². The Labute approximate surface area is 132 Å². The van der Waals surface area contributed by atoms with E-state index in [-0.39, 0.29) is 5.56 Å². The van der Waals surface area contributed by atoms with Crippen LogP contribution in [0.2, 0.25) is 0 Å². The number of nitrogens with zero attached hydrogens (tertiary/aromatic N) is 2. The van der Waals surface area contributed by atoms with Gasteiger partial charge in [0.2, 0.25) is 5.95 Å². The van der Waals surface area contributed by atoms with E-state index >= 15 is 0 Å². The minimum Gasteiger partial charge on any atom is -0.342 e. The second-order valence-electron chi connectivity index (χ2n) is 5.32. The molecule has 1 aliphatic heterocycles. The van der Waals surface area contributed by atoms with Crippen molar-refractivity contribution in [1.29, 1.82) is 0 Å². The van der Waals surface area contributed by atoms with Gasteiger partial charge >= 0.3 is 0 Å². The van der Waals surface area contributed by atoms with Crippen molar-refractivity contribution in [3.05, 3.63) is 45.2 Å². The van der Waals surface area contributed by atoms with E-state index in [4.69, 9.17) is 4.98 Å². The maximum absolute atomic E-state index is 12.2. The number of hydrogen-bond acceptors (Lipinski definition) is 3. The molecule has 0 radical (unpaired) electrons. The molecule has 1 aromatic heterocycles.